The van der Waals surface area contributed by atoms with Crippen LogP contribution in [0.2, 0.25) is 0 Å². The summed E-state index contributed by atoms with van der Waals surface area (Å²) in [6.07, 6.45) is 2.36. The van der Waals surface area contributed by atoms with Gasteiger partial charge < -0.3 is 9.47 Å². The zero-order chi connectivity index (χ0) is 20.5. The summed E-state index contributed by atoms with van der Waals surface area (Å²) in [5.74, 6) is 0.545. The van der Waals surface area contributed by atoms with Gasteiger partial charge >= 0.3 is 5.97 Å². The Morgan fingerprint density at radius 3 is 2.21 bits per heavy atom. The molecule has 0 aliphatic carbocycles. The summed E-state index contributed by atoms with van der Waals surface area (Å²) >= 11 is 3.49. The van der Waals surface area contributed by atoms with Crippen molar-refractivity contribution in [1.29, 1.82) is 0 Å². The van der Waals surface area contributed by atoms with Gasteiger partial charge in [0.2, 0.25) is 0 Å². The SMILES string of the molecule is CCOC(=O)Cc1ccc(OC/C=C(\c2ccccc2)c2ccc(Br)cc2)cc1. The first-order valence-corrected chi connectivity index (χ1v) is 10.3. The Kier molecular flexibility index (Phi) is 7.65. The average Bonchev–Trinajstić information content (AvgIpc) is 2.74. The van der Waals surface area contributed by atoms with Gasteiger partial charge in [0.05, 0.1) is 13.0 Å². The first kappa shape index (κ1) is 20.9. The maximum atomic E-state index is 11.6. The molecule has 0 aromatic heterocycles. The van der Waals surface area contributed by atoms with E-state index in [1.807, 2.05) is 54.6 Å². The predicted octanol–water partition coefficient (Wildman–Crippen LogP) is 6.07. The van der Waals surface area contributed by atoms with E-state index in [1.54, 1.807) is 6.92 Å². The number of hydrogen-bond acceptors (Lipinski definition) is 3. The zero-order valence-electron chi connectivity index (χ0n) is 16.3. The number of carbonyl (C=O) groups excluding carboxylic acids is 1. The van der Waals surface area contributed by atoms with E-state index in [4.69, 9.17) is 9.47 Å². The minimum absolute atomic E-state index is 0.217. The van der Waals surface area contributed by atoms with Crippen LogP contribution in [0.15, 0.2) is 89.4 Å². The van der Waals surface area contributed by atoms with Crippen molar-refractivity contribution in [3.8, 4) is 5.75 Å². The summed E-state index contributed by atoms with van der Waals surface area (Å²) in [6, 6.07) is 26.1. The Morgan fingerprint density at radius 2 is 1.55 bits per heavy atom. The highest BCUT2D eigenvalue weighted by Gasteiger charge is 2.06. The van der Waals surface area contributed by atoms with Crippen LogP contribution in [-0.2, 0) is 16.0 Å². The standard InChI is InChI=1S/C25H23BrO3/c1-2-28-25(27)18-19-8-14-23(15-9-19)29-17-16-24(20-6-4-3-5-7-20)21-10-12-22(26)13-11-21/h3-16H,2,17-18H2,1H3/b24-16+. The first-order chi connectivity index (χ1) is 14.2. The van der Waals surface area contributed by atoms with E-state index < -0.39 is 0 Å². The molecule has 0 unspecified atom stereocenters. The molecule has 0 bridgehead atoms. The molecule has 4 heteroatoms. The second kappa shape index (κ2) is 10.6. The maximum Gasteiger partial charge on any atom is 0.310 e. The van der Waals surface area contributed by atoms with Gasteiger partial charge in [-0.25, -0.2) is 0 Å². The molecule has 3 aromatic carbocycles. The van der Waals surface area contributed by atoms with Crippen molar-refractivity contribution in [2.45, 2.75) is 13.3 Å². The lowest BCUT2D eigenvalue weighted by Crippen LogP contribution is -2.07. The van der Waals surface area contributed by atoms with Crippen molar-refractivity contribution in [3.63, 3.8) is 0 Å². The molecule has 29 heavy (non-hydrogen) atoms. The number of hydrogen-bond donors (Lipinski definition) is 0. The highest BCUT2D eigenvalue weighted by Crippen LogP contribution is 2.25. The molecule has 0 saturated heterocycles. The minimum Gasteiger partial charge on any atom is -0.490 e. The predicted molar refractivity (Wildman–Crippen MR) is 120 cm³/mol. The number of carbonyl (C=O) groups is 1. The van der Waals surface area contributed by atoms with Crippen LogP contribution in [0.25, 0.3) is 5.57 Å². The van der Waals surface area contributed by atoms with E-state index >= 15 is 0 Å². The second-order valence-electron chi connectivity index (χ2n) is 6.43. The summed E-state index contributed by atoms with van der Waals surface area (Å²) in [5, 5.41) is 0. The highest BCUT2D eigenvalue weighted by molar-refractivity contribution is 9.10. The molecule has 0 spiro atoms. The van der Waals surface area contributed by atoms with E-state index in [-0.39, 0.29) is 12.4 Å². The van der Waals surface area contributed by atoms with Crippen LogP contribution in [0.4, 0.5) is 0 Å². The van der Waals surface area contributed by atoms with Crippen LogP contribution in [0.5, 0.6) is 5.75 Å². The van der Waals surface area contributed by atoms with Crippen molar-refractivity contribution in [2.75, 3.05) is 13.2 Å². The van der Waals surface area contributed by atoms with Gasteiger partial charge in [-0.2, -0.15) is 0 Å². The summed E-state index contributed by atoms with van der Waals surface area (Å²) < 4.78 is 11.9. The van der Waals surface area contributed by atoms with Crippen molar-refractivity contribution in [3.05, 3.63) is 106 Å². The summed E-state index contributed by atoms with van der Waals surface area (Å²) in [5.41, 5.74) is 4.30. The normalized spacial score (nSPS) is 11.2. The molecule has 0 amide bonds. The van der Waals surface area contributed by atoms with Crippen molar-refractivity contribution >= 4 is 27.5 Å². The molecule has 3 aromatic rings. The average molecular weight is 451 g/mol. The first-order valence-electron chi connectivity index (χ1n) is 9.54. The lowest BCUT2D eigenvalue weighted by atomic mass is 9.98. The molecule has 3 nitrogen and oxygen atoms in total. The molecular formula is C25H23BrO3. The third-order valence-electron chi connectivity index (χ3n) is 4.35. The Labute approximate surface area is 180 Å². The maximum absolute atomic E-state index is 11.6. The summed E-state index contributed by atoms with van der Waals surface area (Å²) in [6.45, 7) is 2.65. The monoisotopic (exact) mass is 450 g/mol. The lowest BCUT2D eigenvalue weighted by molar-refractivity contribution is -0.142. The van der Waals surface area contributed by atoms with Crippen LogP contribution in [0.1, 0.15) is 23.6 Å². The van der Waals surface area contributed by atoms with Crippen molar-refractivity contribution in [2.24, 2.45) is 0 Å². The Balaban J connectivity index is 1.70. The van der Waals surface area contributed by atoms with Crippen LogP contribution < -0.4 is 4.74 Å². The van der Waals surface area contributed by atoms with Gasteiger partial charge in [-0.15, -0.1) is 0 Å². The molecule has 0 aliphatic rings. The van der Waals surface area contributed by atoms with Gasteiger partial charge in [0.25, 0.3) is 0 Å². The van der Waals surface area contributed by atoms with Gasteiger partial charge in [-0.3, -0.25) is 4.79 Å². The van der Waals surface area contributed by atoms with Crippen molar-refractivity contribution < 1.29 is 14.3 Å². The minimum atomic E-state index is -0.217. The molecule has 0 radical (unpaired) electrons. The molecule has 3 rings (SSSR count). The van der Waals surface area contributed by atoms with Gasteiger partial charge in [-0.1, -0.05) is 70.5 Å². The number of benzene rings is 3. The fourth-order valence-electron chi connectivity index (χ4n) is 2.95. The smallest absolute Gasteiger partial charge is 0.310 e. The Bertz CT molecular complexity index is 946. The Hall–Kier alpha value is -2.85. The topological polar surface area (TPSA) is 35.5 Å². The number of esters is 1. The fourth-order valence-corrected chi connectivity index (χ4v) is 3.22. The molecule has 0 N–H and O–H groups in total. The molecule has 0 aliphatic heterocycles. The third-order valence-corrected chi connectivity index (χ3v) is 4.88. The van der Waals surface area contributed by atoms with Crippen molar-refractivity contribution in [1.82, 2.24) is 0 Å². The van der Waals surface area contributed by atoms with Crippen LogP contribution >= 0.6 is 15.9 Å². The second-order valence-corrected chi connectivity index (χ2v) is 7.34. The number of rotatable bonds is 8. The van der Waals surface area contributed by atoms with E-state index in [0.29, 0.717) is 13.2 Å². The molecule has 0 heterocycles. The van der Waals surface area contributed by atoms with Crippen LogP contribution in [0, 0.1) is 0 Å². The third kappa shape index (κ3) is 6.33. The largest absolute Gasteiger partial charge is 0.490 e. The van der Waals surface area contributed by atoms with E-state index in [2.05, 4.69) is 46.3 Å². The Morgan fingerprint density at radius 1 is 0.897 bits per heavy atom. The molecule has 0 atom stereocenters. The quantitative estimate of drug-likeness (QED) is 0.391. The molecule has 148 valence electrons. The number of ether oxygens (including phenoxy) is 2. The molecule has 0 saturated carbocycles. The van der Waals surface area contributed by atoms with Crippen LogP contribution in [-0.4, -0.2) is 19.2 Å². The van der Waals surface area contributed by atoms with E-state index in [9.17, 15) is 4.79 Å². The van der Waals surface area contributed by atoms with Gasteiger partial charge in [0, 0.05) is 4.47 Å². The summed E-state index contributed by atoms with van der Waals surface area (Å²) in [7, 11) is 0. The van der Waals surface area contributed by atoms with Crippen LogP contribution in [0.3, 0.4) is 0 Å². The zero-order valence-corrected chi connectivity index (χ0v) is 17.9. The highest BCUT2D eigenvalue weighted by atomic mass is 79.9. The fraction of sp³-hybridized carbons (Fsp3) is 0.160. The molecule has 0 fully saturated rings. The van der Waals surface area contributed by atoms with E-state index in [0.717, 1.165) is 32.5 Å². The molecular weight excluding hydrogens is 428 g/mol. The van der Waals surface area contributed by atoms with E-state index in [1.165, 1.54) is 0 Å². The number of halogens is 1. The van der Waals surface area contributed by atoms with Gasteiger partial charge in [-0.05, 0) is 59.5 Å². The summed E-state index contributed by atoms with van der Waals surface area (Å²) in [4.78, 5) is 11.6. The van der Waals surface area contributed by atoms with Gasteiger partial charge in [0.15, 0.2) is 0 Å². The lowest BCUT2D eigenvalue weighted by Gasteiger charge is -2.10. The van der Waals surface area contributed by atoms with Gasteiger partial charge in [0.1, 0.15) is 12.4 Å².